The fourth-order valence-corrected chi connectivity index (χ4v) is 5.29. The van der Waals surface area contributed by atoms with Crippen molar-refractivity contribution in [3.63, 3.8) is 0 Å². The van der Waals surface area contributed by atoms with Gasteiger partial charge in [0.15, 0.2) is 11.0 Å². The van der Waals surface area contributed by atoms with Gasteiger partial charge in [-0.1, -0.05) is 30.0 Å². The maximum absolute atomic E-state index is 12.8. The van der Waals surface area contributed by atoms with E-state index in [1.807, 2.05) is 28.8 Å². The third-order valence-corrected chi connectivity index (χ3v) is 7.24. The van der Waals surface area contributed by atoms with Gasteiger partial charge in [-0.3, -0.25) is 14.2 Å². The lowest BCUT2D eigenvalue weighted by Crippen LogP contribution is -2.21. The number of nitrogens with one attached hydrogen (secondary N) is 1. The van der Waals surface area contributed by atoms with Crippen molar-refractivity contribution in [2.24, 2.45) is 0 Å². The van der Waals surface area contributed by atoms with E-state index in [9.17, 15) is 14.4 Å². The van der Waals surface area contributed by atoms with Gasteiger partial charge >= 0.3 is 5.97 Å². The number of aromatic nitrogens is 3. The van der Waals surface area contributed by atoms with Gasteiger partial charge in [0.25, 0.3) is 5.91 Å². The summed E-state index contributed by atoms with van der Waals surface area (Å²) in [5, 5.41) is 12.1. The van der Waals surface area contributed by atoms with Crippen LogP contribution < -0.4 is 10.1 Å². The molecule has 0 saturated carbocycles. The van der Waals surface area contributed by atoms with Crippen molar-refractivity contribution < 1.29 is 23.9 Å². The van der Waals surface area contributed by atoms with Gasteiger partial charge in [-0.05, 0) is 24.6 Å². The molecule has 3 aromatic rings. The molecule has 0 aliphatic carbocycles. The van der Waals surface area contributed by atoms with Crippen LogP contribution in [0.25, 0.3) is 11.4 Å². The molecule has 2 amide bonds. The van der Waals surface area contributed by atoms with Crippen LogP contribution in [0.4, 0.5) is 5.00 Å². The number of esters is 1. The lowest BCUT2D eigenvalue weighted by atomic mass is 10.1. The van der Waals surface area contributed by atoms with Crippen molar-refractivity contribution in [1.29, 1.82) is 0 Å². The Bertz CT molecular complexity index is 1300. The van der Waals surface area contributed by atoms with Crippen molar-refractivity contribution in [1.82, 2.24) is 19.7 Å². The molecule has 1 aromatic carbocycles. The van der Waals surface area contributed by atoms with Crippen LogP contribution in [0.5, 0.6) is 5.75 Å². The first-order valence-electron chi connectivity index (χ1n) is 10.8. The van der Waals surface area contributed by atoms with E-state index >= 15 is 0 Å². The smallest absolute Gasteiger partial charge is 0.341 e. The number of hydrogen-bond acceptors (Lipinski definition) is 9. The zero-order valence-electron chi connectivity index (χ0n) is 20.7. The summed E-state index contributed by atoms with van der Waals surface area (Å²) in [7, 11) is 6.08. The summed E-state index contributed by atoms with van der Waals surface area (Å²) >= 11 is 2.23. The molecule has 0 spiro atoms. The van der Waals surface area contributed by atoms with Crippen LogP contribution in [-0.2, 0) is 16.1 Å². The molecular formula is C24H27N5O5S2. The Morgan fingerprint density at radius 2 is 2.00 bits per heavy atom. The molecule has 0 unspecified atom stereocenters. The van der Waals surface area contributed by atoms with Gasteiger partial charge in [-0.15, -0.1) is 28.1 Å². The number of carbonyl (C=O) groups excluding carboxylic acids is 3. The molecule has 0 radical (unpaired) electrons. The number of ether oxygens (including phenoxy) is 2. The second-order valence-electron chi connectivity index (χ2n) is 7.73. The summed E-state index contributed by atoms with van der Waals surface area (Å²) in [6.45, 7) is 5.90. The summed E-state index contributed by atoms with van der Waals surface area (Å²) in [4.78, 5) is 39.5. The summed E-state index contributed by atoms with van der Waals surface area (Å²) in [5.41, 5.74) is 1.44. The van der Waals surface area contributed by atoms with E-state index in [1.165, 1.54) is 23.8 Å². The number of hydrogen-bond donors (Lipinski definition) is 1. The van der Waals surface area contributed by atoms with E-state index in [2.05, 4.69) is 22.1 Å². The van der Waals surface area contributed by atoms with E-state index in [4.69, 9.17) is 9.47 Å². The molecule has 0 aliphatic heterocycles. The summed E-state index contributed by atoms with van der Waals surface area (Å²) < 4.78 is 12.0. The van der Waals surface area contributed by atoms with Crippen molar-refractivity contribution >= 4 is 45.9 Å². The quantitative estimate of drug-likeness (QED) is 0.240. The van der Waals surface area contributed by atoms with Gasteiger partial charge in [0, 0.05) is 26.2 Å². The number of thioether (sulfide) groups is 1. The Morgan fingerprint density at radius 1 is 1.25 bits per heavy atom. The second kappa shape index (κ2) is 11.9. The van der Waals surface area contributed by atoms with Crippen LogP contribution >= 0.6 is 23.1 Å². The van der Waals surface area contributed by atoms with Crippen LogP contribution in [0, 0.1) is 6.92 Å². The van der Waals surface area contributed by atoms with E-state index in [1.54, 1.807) is 34.2 Å². The number of carbonyl (C=O) groups is 3. The first kappa shape index (κ1) is 27.0. The molecule has 2 aromatic heterocycles. The first-order valence-corrected chi connectivity index (χ1v) is 12.6. The average Bonchev–Trinajstić information content (AvgIpc) is 3.42. The van der Waals surface area contributed by atoms with Crippen molar-refractivity contribution in [3.05, 3.63) is 52.9 Å². The monoisotopic (exact) mass is 529 g/mol. The molecular weight excluding hydrogens is 502 g/mol. The van der Waals surface area contributed by atoms with Crippen LogP contribution in [0.15, 0.2) is 42.1 Å². The van der Waals surface area contributed by atoms with Gasteiger partial charge in [0.05, 0.1) is 30.4 Å². The molecule has 36 heavy (non-hydrogen) atoms. The predicted octanol–water partition coefficient (Wildman–Crippen LogP) is 3.73. The van der Waals surface area contributed by atoms with E-state index < -0.39 is 5.97 Å². The fourth-order valence-electron chi connectivity index (χ4n) is 3.31. The van der Waals surface area contributed by atoms with Gasteiger partial charge in [-0.25, -0.2) is 4.79 Å². The van der Waals surface area contributed by atoms with Gasteiger partial charge in [0.1, 0.15) is 10.8 Å². The Balaban J connectivity index is 1.81. The number of allylic oxidation sites excluding steroid dienone is 1. The second-order valence-corrected chi connectivity index (χ2v) is 9.69. The number of nitrogens with zero attached hydrogens (tertiary/aromatic N) is 4. The van der Waals surface area contributed by atoms with Crippen LogP contribution in [-0.4, -0.2) is 71.5 Å². The lowest BCUT2D eigenvalue weighted by molar-refractivity contribution is -0.113. The maximum atomic E-state index is 12.8. The number of rotatable bonds is 10. The molecule has 12 heteroatoms. The Hall–Kier alpha value is -3.64. The minimum absolute atomic E-state index is 0.00189. The molecule has 0 fully saturated rings. The SMILES string of the molecule is C=CCn1c(SCC(=O)Nc2sc(C(=O)N(C)C)c(C)c2C(=O)OC)nnc1-c1cccc(OC)c1. The van der Waals surface area contributed by atoms with Crippen LogP contribution in [0.2, 0.25) is 0 Å². The standard InChI is InChI=1S/C24H27N5O5S2/c1-7-11-29-20(15-9-8-10-16(12-15)33-5)26-27-24(29)35-13-17(30)25-21-18(23(32)34-6)14(2)19(36-21)22(31)28(3)4/h7-10,12H,1,11,13H2,2-6H3,(H,25,30). The molecule has 190 valence electrons. The van der Waals surface area contributed by atoms with Gasteiger partial charge in [-0.2, -0.15) is 0 Å². The normalized spacial score (nSPS) is 10.6. The highest BCUT2D eigenvalue weighted by atomic mass is 32.2. The van der Waals surface area contributed by atoms with Gasteiger partial charge < -0.3 is 19.7 Å². The third kappa shape index (κ3) is 5.77. The summed E-state index contributed by atoms with van der Waals surface area (Å²) in [6.07, 6.45) is 1.72. The number of anilines is 1. The highest BCUT2D eigenvalue weighted by Crippen LogP contribution is 2.35. The zero-order chi connectivity index (χ0) is 26.4. The van der Waals surface area contributed by atoms with E-state index in [-0.39, 0.29) is 28.1 Å². The molecule has 0 atom stereocenters. The molecule has 10 nitrogen and oxygen atoms in total. The number of methoxy groups -OCH3 is 2. The highest BCUT2D eigenvalue weighted by Gasteiger charge is 2.27. The number of amides is 2. The van der Waals surface area contributed by atoms with Crippen molar-refractivity contribution in [2.45, 2.75) is 18.6 Å². The summed E-state index contributed by atoms with van der Waals surface area (Å²) in [6, 6.07) is 7.45. The first-order chi connectivity index (χ1) is 17.2. The summed E-state index contributed by atoms with van der Waals surface area (Å²) in [5.74, 6) is 0.0473. The van der Waals surface area contributed by atoms with Gasteiger partial charge in [0.2, 0.25) is 5.91 Å². The van der Waals surface area contributed by atoms with Crippen molar-refractivity contribution in [2.75, 3.05) is 39.4 Å². The molecule has 3 rings (SSSR count). The molecule has 1 N–H and O–H groups in total. The lowest BCUT2D eigenvalue weighted by Gasteiger charge is -2.09. The predicted molar refractivity (Wildman–Crippen MR) is 140 cm³/mol. The largest absolute Gasteiger partial charge is 0.497 e. The molecule has 0 saturated heterocycles. The highest BCUT2D eigenvalue weighted by molar-refractivity contribution is 7.99. The zero-order valence-corrected chi connectivity index (χ0v) is 22.3. The number of benzene rings is 1. The van der Waals surface area contributed by atoms with E-state index in [0.29, 0.717) is 33.7 Å². The minimum atomic E-state index is -0.627. The Kier molecular flexibility index (Phi) is 8.88. The number of thiophene rings is 1. The Labute approximate surface area is 217 Å². The van der Waals surface area contributed by atoms with Crippen molar-refractivity contribution in [3.8, 4) is 17.1 Å². The average molecular weight is 530 g/mol. The van der Waals surface area contributed by atoms with Crippen LogP contribution in [0.3, 0.4) is 0 Å². The molecule has 0 bridgehead atoms. The fraction of sp³-hybridized carbons (Fsp3) is 0.292. The molecule has 2 heterocycles. The third-order valence-electron chi connectivity index (χ3n) is 5.08. The minimum Gasteiger partial charge on any atom is -0.497 e. The van der Waals surface area contributed by atoms with Crippen LogP contribution in [0.1, 0.15) is 25.6 Å². The van der Waals surface area contributed by atoms with E-state index in [0.717, 1.165) is 16.9 Å². The molecule has 0 aliphatic rings. The Morgan fingerprint density at radius 3 is 2.64 bits per heavy atom. The topological polar surface area (TPSA) is 116 Å². The maximum Gasteiger partial charge on any atom is 0.341 e.